The van der Waals surface area contributed by atoms with Crippen molar-refractivity contribution in [2.75, 3.05) is 44.4 Å². The Balaban J connectivity index is 1.48. The number of hydrogen-bond donors (Lipinski definition) is 0. The molecule has 1 fully saturated rings. The minimum Gasteiger partial charge on any atom is -0.495 e. The van der Waals surface area contributed by atoms with Crippen LogP contribution in [0.1, 0.15) is 5.69 Å². The van der Waals surface area contributed by atoms with Crippen molar-refractivity contribution in [3.63, 3.8) is 0 Å². The largest absolute Gasteiger partial charge is 0.495 e. The van der Waals surface area contributed by atoms with Crippen LogP contribution in [-0.2, 0) is 21.2 Å². The molecule has 0 bridgehead atoms. The Labute approximate surface area is 220 Å². The maximum absolute atomic E-state index is 12.1. The van der Waals surface area contributed by atoms with Gasteiger partial charge in [-0.25, -0.2) is 13.4 Å². The standard InChI is InChI=1S/C24H27Cl2N5O4S/c1-16-23(26)24(20-5-4-6-22(27-20)36(3,33)34)28-31(16)14-18(15-32)30-11-9-29(10-12-30)17-7-8-19(25)21(13-17)35-2/h4-8,13,15,18H,9-12,14H2,1-3H3. The Morgan fingerprint density at radius 3 is 2.50 bits per heavy atom. The number of nitrogens with zero attached hydrogens (tertiary/aromatic N) is 5. The number of sulfone groups is 1. The molecule has 0 amide bonds. The zero-order valence-corrected chi connectivity index (χ0v) is 22.5. The van der Waals surface area contributed by atoms with Gasteiger partial charge in [0.25, 0.3) is 0 Å². The van der Waals surface area contributed by atoms with Gasteiger partial charge < -0.3 is 14.4 Å². The van der Waals surface area contributed by atoms with Crippen molar-refractivity contribution < 1.29 is 17.9 Å². The summed E-state index contributed by atoms with van der Waals surface area (Å²) in [6.07, 6.45) is 2.03. The number of aromatic nitrogens is 3. The summed E-state index contributed by atoms with van der Waals surface area (Å²) < 4.78 is 30.8. The zero-order valence-electron chi connectivity index (χ0n) is 20.2. The number of ether oxygens (including phenoxy) is 1. The van der Waals surface area contributed by atoms with Gasteiger partial charge in [0.05, 0.1) is 41.1 Å². The molecular formula is C24H27Cl2N5O4S. The summed E-state index contributed by atoms with van der Waals surface area (Å²) in [5, 5.41) is 5.47. The monoisotopic (exact) mass is 551 g/mol. The Bertz CT molecular complexity index is 1370. The van der Waals surface area contributed by atoms with E-state index in [9.17, 15) is 13.2 Å². The van der Waals surface area contributed by atoms with Crippen LogP contribution < -0.4 is 9.64 Å². The summed E-state index contributed by atoms with van der Waals surface area (Å²) in [5.41, 5.74) is 2.43. The first kappa shape index (κ1) is 26.4. The predicted octanol–water partition coefficient (Wildman–Crippen LogP) is 3.36. The van der Waals surface area contributed by atoms with Crippen molar-refractivity contribution in [1.29, 1.82) is 0 Å². The van der Waals surface area contributed by atoms with E-state index in [1.807, 2.05) is 25.1 Å². The van der Waals surface area contributed by atoms with Gasteiger partial charge in [-0.05, 0) is 31.2 Å². The van der Waals surface area contributed by atoms with Crippen molar-refractivity contribution in [2.24, 2.45) is 0 Å². The maximum Gasteiger partial charge on any atom is 0.192 e. The van der Waals surface area contributed by atoms with Crippen LogP contribution in [-0.4, -0.2) is 80.0 Å². The van der Waals surface area contributed by atoms with Crippen molar-refractivity contribution in [2.45, 2.75) is 24.5 Å². The molecule has 36 heavy (non-hydrogen) atoms. The van der Waals surface area contributed by atoms with Gasteiger partial charge >= 0.3 is 0 Å². The summed E-state index contributed by atoms with van der Waals surface area (Å²) in [7, 11) is -1.89. The molecule has 0 N–H and O–H groups in total. The first-order valence-corrected chi connectivity index (χ1v) is 14.0. The molecule has 0 radical (unpaired) electrons. The van der Waals surface area contributed by atoms with Gasteiger partial charge in [0, 0.05) is 44.2 Å². The molecule has 1 unspecified atom stereocenters. The lowest BCUT2D eigenvalue weighted by atomic mass is 10.2. The fraction of sp³-hybridized carbons (Fsp3) is 0.375. The fourth-order valence-corrected chi connectivity index (χ4v) is 5.21. The van der Waals surface area contributed by atoms with E-state index in [0.717, 1.165) is 31.3 Å². The van der Waals surface area contributed by atoms with Crippen LogP contribution in [0.5, 0.6) is 5.75 Å². The Morgan fingerprint density at radius 2 is 1.86 bits per heavy atom. The van der Waals surface area contributed by atoms with E-state index in [4.69, 9.17) is 27.9 Å². The molecule has 192 valence electrons. The number of halogens is 2. The number of aldehydes is 1. The summed E-state index contributed by atoms with van der Waals surface area (Å²) in [6.45, 7) is 4.98. The Morgan fingerprint density at radius 1 is 1.14 bits per heavy atom. The number of piperazine rings is 1. The Kier molecular flexibility index (Phi) is 7.89. The topological polar surface area (TPSA) is 97.6 Å². The van der Waals surface area contributed by atoms with Crippen molar-refractivity contribution in [3.05, 3.63) is 52.1 Å². The van der Waals surface area contributed by atoms with E-state index in [1.54, 1.807) is 23.9 Å². The molecule has 3 heterocycles. The van der Waals surface area contributed by atoms with Gasteiger partial charge in [0.15, 0.2) is 14.9 Å². The smallest absolute Gasteiger partial charge is 0.192 e. The van der Waals surface area contributed by atoms with Gasteiger partial charge in [0.1, 0.15) is 17.7 Å². The molecular weight excluding hydrogens is 525 g/mol. The van der Waals surface area contributed by atoms with E-state index in [1.165, 1.54) is 6.07 Å². The van der Waals surface area contributed by atoms with E-state index < -0.39 is 15.9 Å². The number of pyridine rings is 1. The highest BCUT2D eigenvalue weighted by atomic mass is 35.5. The van der Waals surface area contributed by atoms with Crippen LogP contribution in [0, 0.1) is 6.92 Å². The van der Waals surface area contributed by atoms with Crippen LogP contribution in [0.2, 0.25) is 10.0 Å². The lowest BCUT2D eigenvalue weighted by molar-refractivity contribution is -0.113. The second-order valence-corrected chi connectivity index (χ2v) is 11.4. The average Bonchev–Trinajstić information content (AvgIpc) is 3.16. The first-order chi connectivity index (χ1) is 17.1. The van der Waals surface area contributed by atoms with E-state index >= 15 is 0 Å². The highest BCUT2D eigenvalue weighted by Crippen LogP contribution is 2.31. The molecule has 4 rings (SSSR count). The van der Waals surface area contributed by atoms with Gasteiger partial charge in [-0.2, -0.15) is 5.10 Å². The summed E-state index contributed by atoms with van der Waals surface area (Å²) in [6, 6.07) is 9.99. The summed E-state index contributed by atoms with van der Waals surface area (Å²) >= 11 is 12.7. The molecule has 0 aliphatic carbocycles. The van der Waals surface area contributed by atoms with E-state index in [0.29, 0.717) is 52.5 Å². The molecule has 0 spiro atoms. The SMILES string of the molecule is COc1cc(N2CCN(C(C=O)Cn3nc(-c4cccc(S(C)(=O)=O)n4)c(Cl)c3C)CC2)ccc1Cl. The van der Waals surface area contributed by atoms with Crippen LogP contribution in [0.4, 0.5) is 5.69 Å². The molecule has 12 heteroatoms. The molecule has 2 aromatic heterocycles. The van der Waals surface area contributed by atoms with Gasteiger partial charge in [-0.1, -0.05) is 29.3 Å². The predicted molar refractivity (Wildman–Crippen MR) is 140 cm³/mol. The number of anilines is 1. The zero-order chi connectivity index (χ0) is 26.0. The summed E-state index contributed by atoms with van der Waals surface area (Å²) in [5.74, 6) is 0.626. The Hall–Kier alpha value is -2.66. The minimum atomic E-state index is -3.48. The normalized spacial score (nSPS) is 15.6. The van der Waals surface area contributed by atoms with Gasteiger partial charge in [-0.15, -0.1) is 0 Å². The highest BCUT2D eigenvalue weighted by molar-refractivity contribution is 7.90. The lowest BCUT2D eigenvalue weighted by Crippen LogP contribution is -2.52. The molecule has 1 aliphatic rings. The lowest BCUT2D eigenvalue weighted by Gasteiger charge is -2.38. The number of carbonyl (C=O) groups excluding carboxylic acids is 1. The third kappa shape index (κ3) is 5.51. The van der Waals surface area contributed by atoms with Crippen LogP contribution in [0.15, 0.2) is 41.4 Å². The number of carbonyl (C=O) groups is 1. The van der Waals surface area contributed by atoms with Gasteiger partial charge in [0.2, 0.25) is 0 Å². The van der Waals surface area contributed by atoms with Crippen LogP contribution in [0.25, 0.3) is 11.4 Å². The minimum absolute atomic E-state index is 0.0507. The first-order valence-electron chi connectivity index (χ1n) is 11.3. The fourth-order valence-electron chi connectivity index (χ4n) is 4.20. The third-order valence-corrected chi connectivity index (χ3v) is 8.03. The molecule has 9 nitrogen and oxygen atoms in total. The number of methoxy groups -OCH3 is 1. The number of hydrogen-bond acceptors (Lipinski definition) is 8. The average molecular weight is 552 g/mol. The van der Waals surface area contributed by atoms with E-state index in [2.05, 4.69) is 19.9 Å². The molecule has 1 aliphatic heterocycles. The van der Waals surface area contributed by atoms with Gasteiger partial charge in [-0.3, -0.25) is 9.58 Å². The quantitative estimate of drug-likeness (QED) is 0.393. The van der Waals surface area contributed by atoms with Crippen molar-refractivity contribution >= 4 is 45.0 Å². The van der Waals surface area contributed by atoms with Crippen LogP contribution >= 0.6 is 23.2 Å². The molecule has 1 saturated heterocycles. The number of rotatable bonds is 8. The maximum atomic E-state index is 12.1. The molecule has 1 aromatic carbocycles. The molecule has 0 saturated carbocycles. The second-order valence-electron chi connectivity index (χ2n) is 8.61. The van der Waals surface area contributed by atoms with Crippen molar-refractivity contribution in [3.8, 4) is 17.1 Å². The van der Waals surface area contributed by atoms with Crippen LogP contribution in [0.3, 0.4) is 0 Å². The summed E-state index contributed by atoms with van der Waals surface area (Å²) in [4.78, 5) is 20.6. The third-order valence-electron chi connectivity index (χ3n) is 6.28. The van der Waals surface area contributed by atoms with Crippen molar-refractivity contribution in [1.82, 2.24) is 19.7 Å². The number of benzene rings is 1. The van der Waals surface area contributed by atoms with E-state index in [-0.39, 0.29) is 5.03 Å². The second kappa shape index (κ2) is 10.8. The molecule has 3 aromatic rings. The molecule has 1 atom stereocenters. The highest BCUT2D eigenvalue weighted by Gasteiger charge is 2.26.